The van der Waals surface area contributed by atoms with E-state index in [1.165, 1.54) is 4.90 Å². The molecule has 0 bridgehead atoms. The maximum Gasteiger partial charge on any atom is 0.410 e. The van der Waals surface area contributed by atoms with Crippen LogP contribution >= 0.6 is 0 Å². The second-order valence-electron chi connectivity index (χ2n) is 4.19. The Morgan fingerprint density at radius 1 is 1.33 bits per heavy atom. The summed E-state index contributed by atoms with van der Waals surface area (Å²) in [6, 6.07) is 9.42. The molecule has 0 saturated carbocycles. The van der Waals surface area contributed by atoms with Crippen LogP contribution in [0.4, 0.5) is 4.79 Å². The summed E-state index contributed by atoms with van der Waals surface area (Å²) in [5.41, 5.74) is 0.929. The third kappa shape index (κ3) is 2.74. The Hall–Kier alpha value is -2.17. The zero-order valence-corrected chi connectivity index (χ0v) is 9.83. The number of benzene rings is 1. The van der Waals surface area contributed by atoms with Gasteiger partial charge in [0, 0.05) is 13.1 Å². The summed E-state index contributed by atoms with van der Waals surface area (Å²) in [6.07, 6.45) is 0.394. The first-order valence-electron chi connectivity index (χ1n) is 5.70. The Bertz CT molecular complexity index is 453. The van der Waals surface area contributed by atoms with Gasteiger partial charge < -0.3 is 15.0 Å². The van der Waals surface area contributed by atoms with Crippen LogP contribution in [0.2, 0.25) is 0 Å². The average molecular weight is 246 g/mol. The second-order valence-corrected chi connectivity index (χ2v) is 4.19. The van der Waals surface area contributed by atoms with Crippen molar-refractivity contribution in [2.24, 2.45) is 5.92 Å². The minimum absolute atomic E-state index is 0.230. The zero-order valence-electron chi connectivity index (χ0n) is 9.83. The van der Waals surface area contributed by atoms with Crippen molar-refractivity contribution < 1.29 is 14.3 Å². The SMILES string of the molecule is N=CC(=O)C1CN(C(=O)OCc2ccccc2)C1. The minimum atomic E-state index is -0.409. The number of hydrogen-bond donors (Lipinski definition) is 1. The number of likely N-dealkylation sites (tertiary alicyclic amines) is 1. The number of carbonyl (C=O) groups is 2. The maximum absolute atomic E-state index is 11.6. The van der Waals surface area contributed by atoms with Crippen LogP contribution in [0.25, 0.3) is 0 Å². The van der Waals surface area contributed by atoms with Gasteiger partial charge in [0.1, 0.15) is 6.61 Å². The van der Waals surface area contributed by atoms with E-state index in [0.29, 0.717) is 13.1 Å². The molecule has 1 aliphatic rings. The average Bonchev–Trinajstić information content (AvgIpc) is 2.35. The number of hydrogen-bond acceptors (Lipinski definition) is 4. The van der Waals surface area contributed by atoms with E-state index in [2.05, 4.69) is 0 Å². The molecule has 1 saturated heterocycles. The molecular weight excluding hydrogens is 232 g/mol. The van der Waals surface area contributed by atoms with Gasteiger partial charge in [-0.2, -0.15) is 0 Å². The number of ketones is 1. The van der Waals surface area contributed by atoms with Crippen LogP contribution in [0.15, 0.2) is 30.3 Å². The highest BCUT2D eigenvalue weighted by Gasteiger charge is 2.35. The molecule has 94 valence electrons. The summed E-state index contributed by atoms with van der Waals surface area (Å²) in [4.78, 5) is 24.2. The summed E-state index contributed by atoms with van der Waals surface area (Å²) in [6.45, 7) is 0.934. The molecule has 5 nitrogen and oxygen atoms in total. The van der Waals surface area contributed by atoms with Crippen LogP contribution in [-0.2, 0) is 16.1 Å². The van der Waals surface area contributed by atoms with Gasteiger partial charge in [0.05, 0.1) is 12.1 Å². The molecule has 0 spiro atoms. The molecule has 5 heteroatoms. The monoisotopic (exact) mass is 246 g/mol. The first-order valence-corrected chi connectivity index (χ1v) is 5.70. The molecule has 1 amide bonds. The van der Waals surface area contributed by atoms with Crippen LogP contribution in [0.3, 0.4) is 0 Å². The van der Waals surface area contributed by atoms with Crippen molar-refractivity contribution in [2.45, 2.75) is 6.61 Å². The highest BCUT2D eigenvalue weighted by atomic mass is 16.6. The first kappa shape index (κ1) is 12.3. The Labute approximate surface area is 105 Å². The predicted octanol–water partition coefficient (Wildman–Crippen LogP) is 1.47. The molecule has 0 aliphatic carbocycles. The number of nitrogens with zero attached hydrogens (tertiary/aromatic N) is 1. The Morgan fingerprint density at radius 2 is 2.00 bits per heavy atom. The molecule has 1 aliphatic heterocycles. The Morgan fingerprint density at radius 3 is 2.61 bits per heavy atom. The number of ether oxygens (including phenoxy) is 1. The van der Waals surface area contributed by atoms with E-state index in [-0.39, 0.29) is 18.3 Å². The number of rotatable bonds is 4. The van der Waals surface area contributed by atoms with Crippen LogP contribution in [0.1, 0.15) is 5.56 Å². The van der Waals surface area contributed by atoms with Gasteiger partial charge in [0.25, 0.3) is 0 Å². The lowest BCUT2D eigenvalue weighted by atomic mass is 9.96. The third-order valence-corrected chi connectivity index (χ3v) is 2.89. The summed E-state index contributed by atoms with van der Waals surface area (Å²) >= 11 is 0. The molecule has 0 radical (unpaired) electrons. The van der Waals surface area contributed by atoms with Crippen LogP contribution in [-0.4, -0.2) is 36.1 Å². The van der Waals surface area contributed by atoms with E-state index in [4.69, 9.17) is 10.1 Å². The largest absolute Gasteiger partial charge is 0.445 e. The van der Waals surface area contributed by atoms with Gasteiger partial charge >= 0.3 is 6.09 Å². The van der Waals surface area contributed by atoms with Crippen molar-refractivity contribution in [3.8, 4) is 0 Å². The van der Waals surface area contributed by atoms with E-state index in [0.717, 1.165) is 11.8 Å². The predicted molar refractivity (Wildman–Crippen MR) is 65.5 cm³/mol. The summed E-state index contributed by atoms with van der Waals surface area (Å²) in [7, 11) is 0. The minimum Gasteiger partial charge on any atom is -0.445 e. The van der Waals surface area contributed by atoms with Gasteiger partial charge in [0.2, 0.25) is 0 Å². The topological polar surface area (TPSA) is 70.5 Å². The van der Waals surface area contributed by atoms with Crippen LogP contribution < -0.4 is 0 Å². The van der Waals surface area contributed by atoms with Crippen molar-refractivity contribution in [3.05, 3.63) is 35.9 Å². The maximum atomic E-state index is 11.6. The van der Waals surface area contributed by atoms with Gasteiger partial charge in [-0.1, -0.05) is 30.3 Å². The lowest BCUT2D eigenvalue weighted by Gasteiger charge is -2.36. The number of nitrogens with one attached hydrogen (secondary N) is 1. The first-order chi connectivity index (χ1) is 8.70. The molecule has 0 aromatic heterocycles. The van der Waals surface area contributed by atoms with Crippen LogP contribution in [0, 0.1) is 11.3 Å². The second kappa shape index (κ2) is 5.44. The van der Waals surface area contributed by atoms with Crippen molar-refractivity contribution in [2.75, 3.05) is 13.1 Å². The van der Waals surface area contributed by atoms with Gasteiger partial charge in [0.15, 0.2) is 5.78 Å². The highest BCUT2D eigenvalue weighted by molar-refractivity contribution is 6.27. The Balaban J connectivity index is 1.74. The fourth-order valence-corrected chi connectivity index (χ4v) is 1.74. The van der Waals surface area contributed by atoms with Gasteiger partial charge in [-0.25, -0.2) is 4.79 Å². The lowest BCUT2D eigenvalue weighted by molar-refractivity contribution is -0.120. The van der Waals surface area contributed by atoms with E-state index in [9.17, 15) is 9.59 Å². The van der Waals surface area contributed by atoms with E-state index < -0.39 is 6.09 Å². The van der Waals surface area contributed by atoms with Crippen LogP contribution in [0.5, 0.6) is 0 Å². The van der Waals surface area contributed by atoms with Gasteiger partial charge in [-0.3, -0.25) is 4.79 Å². The molecule has 1 N–H and O–H groups in total. The molecule has 18 heavy (non-hydrogen) atoms. The summed E-state index contributed by atoms with van der Waals surface area (Å²) < 4.78 is 5.11. The third-order valence-electron chi connectivity index (χ3n) is 2.89. The summed E-state index contributed by atoms with van der Waals surface area (Å²) in [5.74, 6) is -0.464. The quantitative estimate of drug-likeness (QED) is 0.818. The molecular formula is C13H14N2O3. The molecule has 1 aromatic rings. The van der Waals surface area contributed by atoms with Crippen molar-refractivity contribution in [3.63, 3.8) is 0 Å². The molecule has 0 unspecified atom stereocenters. The lowest BCUT2D eigenvalue weighted by Crippen LogP contribution is -2.53. The zero-order chi connectivity index (χ0) is 13.0. The van der Waals surface area contributed by atoms with E-state index >= 15 is 0 Å². The number of amides is 1. The number of Topliss-reactive ketones (excluding diaryl/α,β-unsaturated/α-hetero) is 1. The van der Waals surface area contributed by atoms with E-state index in [1.807, 2.05) is 30.3 Å². The van der Waals surface area contributed by atoms with Gasteiger partial charge in [-0.05, 0) is 5.56 Å². The van der Waals surface area contributed by atoms with E-state index in [1.54, 1.807) is 0 Å². The van der Waals surface area contributed by atoms with Crippen molar-refractivity contribution in [1.82, 2.24) is 4.90 Å². The standard InChI is InChI=1S/C13H14N2O3/c14-6-12(16)11-7-15(8-11)13(17)18-9-10-4-2-1-3-5-10/h1-6,11,14H,7-9H2. The normalized spacial score (nSPS) is 14.8. The molecule has 1 heterocycles. The Kier molecular flexibility index (Phi) is 3.72. The highest BCUT2D eigenvalue weighted by Crippen LogP contribution is 2.17. The number of carbonyl (C=O) groups excluding carboxylic acids is 2. The molecule has 1 fully saturated rings. The fraction of sp³-hybridized carbons (Fsp3) is 0.308. The van der Waals surface area contributed by atoms with Crippen molar-refractivity contribution in [1.29, 1.82) is 5.41 Å². The fourth-order valence-electron chi connectivity index (χ4n) is 1.74. The molecule has 0 atom stereocenters. The molecule has 1 aromatic carbocycles. The smallest absolute Gasteiger partial charge is 0.410 e. The van der Waals surface area contributed by atoms with Crippen molar-refractivity contribution >= 4 is 18.1 Å². The summed E-state index contributed by atoms with van der Waals surface area (Å²) in [5, 5.41) is 6.83. The molecule has 2 rings (SSSR count). The van der Waals surface area contributed by atoms with Gasteiger partial charge in [-0.15, -0.1) is 0 Å².